The summed E-state index contributed by atoms with van der Waals surface area (Å²) in [6, 6.07) is 18.8. The molecule has 2 amide bonds. The second-order valence-electron chi connectivity index (χ2n) is 9.26. The van der Waals surface area contributed by atoms with Crippen molar-refractivity contribution in [3.05, 3.63) is 71.8 Å². The quantitative estimate of drug-likeness (QED) is 0.657. The average Bonchev–Trinajstić information content (AvgIpc) is 3.27. The largest absolute Gasteiger partial charge is 0.444 e. The first kappa shape index (κ1) is 23.8. The molecule has 6 heteroatoms. The van der Waals surface area contributed by atoms with Gasteiger partial charge in [0.15, 0.2) is 0 Å². The monoisotopic (exact) mass is 437 g/mol. The molecule has 2 aromatic carbocycles. The minimum atomic E-state index is -0.812. The van der Waals surface area contributed by atoms with Crippen molar-refractivity contribution >= 4 is 12.0 Å². The maximum Gasteiger partial charge on any atom is 0.408 e. The van der Waals surface area contributed by atoms with Crippen LogP contribution in [0.25, 0.3) is 0 Å². The average molecular weight is 438 g/mol. The minimum Gasteiger partial charge on any atom is -0.444 e. The summed E-state index contributed by atoms with van der Waals surface area (Å²) in [5.74, 6) is -0.565. The van der Waals surface area contributed by atoms with Crippen molar-refractivity contribution in [3.63, 3.8) is 0 Å². The molecule has 32 heavy (non-hydrogen) atoms. The molecule has 1 atom stereocenters. The third-order valence-electron chi connectivity index (χ3n) is 5.53. The van der Waals surface area contributed by atoms with Crippen molar-refractivity contribution in [2.24, 2.45) is 0 Å². The van der Waals surface area contributed by atoms with Crippen molar-refractivity contribution in [2.45, 2.75) is 51.2 Å². The summed E-state index contributed by atoms with van der Waals surface area (Å²) < 4.78 is 5.49. The van der Waals surface area contributed by atoms with Gasteiger partial charge in [-0.15, -0.1) is 0 Å². The summed E-state index contributed by atoms with van der Waals surface area (Å²) >= 11 is 0. The smallest absolute Gasteiger partial charge is 0.408 e. The molecule has 1 saturated heterocycles. The fourth-order valence-corrected chi connectivity index (χ4v) is 4.09. The van der Waals surface area contributed by atoms with Gasteiger partial charge in [-0.3, -0.25) is 4.79 Å². The predicted octanol–water partition coefficient (Wildman–Crippen LogP) is 3.92. The number of rotatable bonds is 8. The van der Waals surface area contributed by atoms with Gasteiger partial charge in [0, 0.05) is 19.0 Å². The van der Waals surface area contributed by atoms with E-state index >= 15 is 0 Å². The number of ether oxygens (including phenoxy) is 1. The van der Waals surface area contributed by atoms with Gasteiger partial charge in [-0.1, -0.05) is 60.7 Å². The first-order valence-electron chi connectivity index (χ1n) is 11.4. The molecule has 0 aromatic heterocycles. The third-order valence-corrected chi connectivity index (χ3v) is 5.53. The highest BCUT2D eigenvalue weighted by atomic mass is 16.6. The predicted molar refractivity (Wildman–Crippen MR) is 127 cm³/mol. The molecule has 1 aliphatic rings. The Hall–Kier alpha value is -2.86. The van der Waals surface area contributed by atoms with Crippen LogP contribution in [0, 0.1) is 0 Å². The van der Waals surface area contributed by atoms with Crippen LogP contribution < -0.4 is 10.6 Å². The molecular weight excluding hydrogens is 402 g/mol. The molecule has 6 nitrogen and oxygen atoms in total. The third kappa shape index (κ3) is 7.09. The molecule has 1 fully saturated rings. The van der Waals surface area contributed by atoms with Crippen LogP contribution in [-0.4, -0.2) is 54.7 Å². The first-order chi connectivity index (χ1) is 15.3. The number of likely N-dealkylation sites (tertiary alicyclic amines) is 1. The van der Waals surface area contributed by atoms with E-state index in [0.717, 1.165) is 30.8 Å². The number of carbonyl (C=O) groups is 2. The van der Waals surface area contributed by atoms with Crippen LogP contribution in [0.15, 0.2) is 60.7 Å². The SMILES string of the molecule is CC(C)(C)OC(=O)N[C@H](C(=O)NCCN1CCCC1)C(c1ccccc1)c1ccccc1. The Kier molecular flexibility index (Phi) is 8.28. The molecule has 0 bridgehead atoms. The molecule has 0 spiro atoms. The molecule has 0 unspecified atom stereocenters. The number of nitrogens with one attached hydrogen (secondary N) is 2. The van der Waals surface area contributed by atoms with Gasteiger partial charge in [0.05, 0.1) is 0 Å². The molecule has 172 valence electrons. The number of benzene rings is 2. The zero-order valence-corrected chi connectivity index (χ0v) is 19.3. The fraction of sp³-hybridized carbons (Fsp3) is 0.462. The van der Waals surface area contributed by atoms with Crippen molar-refractivity contribution in [2.75, 3.05) is 26.2 Å². The Labute approximate surface area is 191 Å². The molecule has 2 aromatic rings. The summed E-state index contributed by atoms with van der Waals surface area (Å²) in [5, 5.41) is 5.91. The molecule has 3 rings (SSSR count). The molecular formula is C26H35N3O3. The van der Waals surface area contributed by atoms with E-state index in [-0.39, 0.29) is 11.8 Å². The first-order valence-corrected chi connectivity index (χ1v) is 11.4. The van der Waals surface area contributed by atoms with Crippen molar-refractivity contribution in [1.82, 2.24) is 15.5 Å². The molecule has 2 N–H and O–H groups in total. The van der Waals surface area contributed by atoms with Crippen molar-refractivity contribution < 1.29 is 14.3 Å². The van der Waals surface area contributed by atoms with E-state index in [2.05, 4.69) is 15.5 Å². The zero-order chi connectivity index (χ0) is 23.0. The van der Waals surface area contributed by atoms with E-state index in [1.165, 1.54) is 12.8 Å². The highest BCUT2D eigenvalue weighted by Gasteiger charge is 2.33. The van der Waals surface area contributed by atoms with Gasteiger partial charge in [-0.2, -0.15) is 0 Å². The standard InChI is InChI=1S/C26H35N3O3/c1-26(2,3)32-25(31)28-23(24(30)27-16-19-29-17-10-11-18-29)22(20-12-6-4-7-13-20)21-14-8-5-9-15-21/h4-9,12-15,22-23H,10-11,16-19H2,1-3H3,(H,27,30)(H,28,31)/t23-/m0/s1. The Morgan fingerprint density at radius 2 is 1.47 bits per heavy atom. The molecule has 0 radical (unpaired) electrons. The summed E-state index contributed by atoms with van der Waals surface area (Å²) in [7, 11) is 0. The molecule has 1 aliphatic heterocycles. The van der Waals surface area contributed by atoms with E-state index in [1.807, 2.05) is 81.4 Å². The van der Waals surface area contributed by atoms with Crippen molar-refractivity contribution in [1.29, 1.82) is 0 Å². The lowest BCUT2D eigenvalue weighted by Crippen LogP contribution is -2.52. The highest BCUT2D eigenvalue weighted by molar-refractivity contribution is 5.87. The van der Waals surface area contributed by atoms with Crippen LogP contribution in [-0.2, 0) is 9.53 Å². The summed E-state index contributed by atoms with van der Waals surface area (Å²) in [6.07, 6.45) is 1.82. The lowest BCUT2D eigenvalue weighted by atomic mass is 9.84. The van der Waals surface area contributed by atoms with Crippen LogP contribution in [0.4, 0.5) is 4.79 Å². The molecule has 1 heterocycles. The van der Waals surface area contributed by atoms with Gasteiger partial charge in [0.25, 0.3) is 0 Å². The number of alkyl carbamates (subject to hydrolysis) is 1. The Bertz CT molecular complexity index is 819. The second-order valence-corrected chi connectivity index (χ2v) is 9.26. The maximum atomic E-state index is 13.4. The van der Waals surface area contributed by atoms with Crippen LogP contribution in [0.1, 0.15) is 50.7 Å². The second kappa shape index (κ2) is 11.1. The summed E-state index contributed by atoms with van der Waals surface area (Å²) in [6.45, 7) is 8.93. The Balaban J connectivity index is 1.85. The van der Waals surface area contributed by atoms with E-state index in [1.54, 1.807) is 0 Å². The number of carbonyl (C=O) groups excluding carboxylic acids is 2. The molecule has 0 aliphatic carbocycles. The normalized spacial score (nSPS) is 15.4. The van der Waals surface area contributed by atoms with Gasteiger partial charge in [0.2, 0.25) is 5.91 Å². The number of amides is 2. The van der Waals surface area contributed by atoms with Gasteiger partial charge in [0.1, 0.15) is 11.6 Å². The molecule has 0 saturated carbocycles. The summed E-state index contributed by atoms with van der Waals surface area (Å²) in [5.41, 5.74) is 1.25. The van der Waals surface area contributed by atoms with Gasteiger partial charge < -0.3 is 20.3 Å². The Morgan fingerprint density at radius 3 is 1.97 bits per heavy atom. The minimum absolute atomic E-state index is 0.215. The maximum absolute atomic E-state index is 13.4. The van der Waals surface area contributed by atoms with Crippen LogP contribution in [0.5, 0.6) is 0 Å². The van der Waals surface area contributed by atoms with Crippen LogP contribution in [0.2, 0.25) is 0 Å². The number of hydrogen-bond donors (Lipinski definition) is 2. The zero-order valence-electron chi connectivity index (χ0n) is 19.3. The van der Waals surface area contributed by atoms with E-state index in [9.17, 15) is 9.59 Å². The van der Waals surface area contributed by atoms with E-state index < -0.39 is 17.7 Å². The Morgan fingerprint density at radius 1 is 0.938 bits per heavy atom. The van der Waals surface area contributed by atoms with Gasteiger partial charge in [-0.05, 0) is 57.8 Å². The van der Waals surface area contributed by atoms with E-state index in [4.69, 9.17) is 4.74 Å². The lowest BCUT2D eigenvalue weighted by Gasteiger charge is -2.30. The van der Waals surface area contributed by atoms with Gasteiger partial charge in [-0.25, -0.2) is 4.79 Å². The highest BCUT2D eigenvalue weighted by Crippen LogP contribution is 2.28. The van der Waals surface area contributed by atoms with E-state index in [0.29, 0.717) is 6.54 Å². The van der Waals surface area contributed by atoms with Crippen LogP contribution in [0.3, 0.4) is 0 Å². The topological polar surface area (TPSA) is 70.7 Å². The lowest BCUT2D eigenvalue weighted by molar-refractivity contribution is -0.123. The van der Waals surface area contributed by atoms with Crippen LogP contribution >= 0.6 is 0 Å². The number of nitrogens with zero attached hydrogens (tertiary/aromatic N) is 1. The summed E-state index contributed by atoms with van der Waals surface area (Å²) in [4.78, 5) is 28.5. The fourth-order valence-electron chi connectivity index (χ4n) is 4.09. The van der Waals surface area contributed by atoms with Gasteiger partial charge >= 0.3 is 6.09 Å². The number of hydrogen-bond acceptors (Lipinski definition) is 4. The van der Waals surface area contributed by atoms with Crippen molar-refractivity contribution in [3.8, 4) is 0 Å².